The number of anilines is 2. The predicted octanol–water partition coefficient (Wildman–Crippen LogP) is 5.78. The summed E-state index contributed by atoms with van der Waals surface area (Å²) in [7, 11) is 6.90. The number of carbonyl (C=O) groups excluding carboxylic acids is 2. The number of aromatic nitrogens is 1. The first-order valence-electron chi connectivity index (χ1n) is 15.5. The average Bonchev–Trinajstić information content (AvgIpc) is 3.08. The van der Waals surface area contributed by atoms with E-state index in [4.69, 9.17) is 23.9 Å². The fourth-order valence-electron chi connectivity index (χ4n) is 4.62. The molecule has 3 aromatic rings. The lowest BCUT2D eigenvalue weighted by atomic mass is 10.1. The van der Waals surface area contributed by atoms with E-state index in [2.05, 4.69) is 54.2 Å². The third kappa shape index (κ3) is 12.2. The van der Waals surface area contributed by atoms with Gasteiger partial charge in [-0.15, -0.1) is 23.5 Å². The van der Waals surface area contributed by atoms with Gasteiger partial charge in [-0.25, -0.2) is 14.6 Å². The van der Waals surface area contributed by atoms with Crippen LogP contribution < -0.4 is 9.80 Å². The average molecular weight is 670 g/mol. The lowest BCUT2D eigenvalue weighted by Gasteiger charge is -2.22. The monoisotopic (exact) mass is 669 g/mol. The Hall–Kier alpha value is -3.25. The van der Waals surface area contributed by atoms with Crippen molar-refractivity contribution in [1.82, 2.24) is 4.98 Å². The largest absolute Gasteiger partial charge is 0.467 e. The molecule has 11 heteroatoms. The molecule has 1 aromatic heterocycles. The SMILES string of the molecule is CCOC(Cc1ccc(SCCN(C)c2cccc(N(C)CCSc3ccc(CC(OCC)C(=O)OC)cc3)n2)cc1)C(=O)OC. The van der Waals surface area contributed by atoms with Gasteiger partial charge in [0, 0.05) is 74.5 Å². The zero-order chi connectivity index (χ0) is 33.3. The topological polar surface area (TPSA) is 90.4 Å². The number of rotatable bonds is 20. The third-order valence-electron chi connectivity index (χ3n) is 7.25. The van der Waals surface area contributed by atoms with Gasteiger partial charge < -0.3 is 28.7 Å². The fourth-order valence-corrected chi connectivity index (χ4v) is 6.48. The molecule has 250 valence electrons. The number of pyridine rings is 1. The van der Waals surface area contributed by atoms with E-state index in [1.165, 1.54) is 24.0 Å². The van der Waals surface area contributed by atoms with Crippen LogP contribution in [0, 0.1) is 0 Å². The molecule has 0 saturated heterocycles. The zero-order valence-corrected chi connectivity index (χ0v) is 29.4. The number of esters is 2. The Labute approximate surface area is 282 Å². The van der Waals surface area contributed by atoms with Crippen LogP contribution in [-0.4, -0.2) is 95.3 Å². The standard InChI is InChI=1S/C35H47N3O6S2/c1-7-43-30(34(39)41-5)24-26-12-16-28(17-13-26)45-22-20-37(3)32-10-9-11-33(36-32)38(4)21-23-46-29-18-14-27(15-19-29)25-31(44-8-2)35(40)42-6/h9-19,30-31H,7-8,20-25H2,1-6H3. The Morgan fingerprint density at radius 2 is 1.07 bits per heavy atom. The van der Waals surface area contributed by atoms with Crippen LogP contribution in [0.3, 0.4) is 0 Å². The van der Waals surface area contributed by atoms with Crippen LogP contribution in [0.25, 0.3) is 0 Å². The Kier molecular flexibility index (Phi) is 16.2. The van der Waals surface area contributed by atoms with Gasteiger partial charge in [-0.3, -0.25) is 0 Å². The van der Waals surface area contributed by atoms with Crippen molar-refractivity contribution in [3.8, 4) is 0 Å². The smallest absolute Gasteiger partial charge is 0.335 e. The minimum Gasteiger partial charge on any atom is -0.467 e. The van der Waals surface area contributed by atoms with Gasteiger partial charge >= 0.3 is 11.9 Å². The van der Waals surface area contributed by atoms with E-state index in [-0.39, 0.29) is 11.9 Å². The minimum atomic E-state index is -0.582. The number of nitrogens with zero attached hydrogens (tertiary/aromatic N) is 3. The second-order valence-corrected chi connectivity index (χ2v) is 12.9. The number of benzene rings is 2. The second-order valence-electron chi connectivity index (χ2n) is 10.5. The van der Waals surface area contributed by atoms with Gasteiger partial charge in [-0.05, 0) is 61.4 Å². The highest BCUT2D eigenvalue weighted by Crippen LogP contribution is 2.23. The molecule has 3 rings (SSSR count). The van der Waals surface area contributed by atoms with E-state index >= 15 is 0 Å². The first kappa shape index (κ1) is 37.2. The molecular formula is C35H47N3O6S2. The lowest BCUT2D eigenvalue weighted by Crippen LogP contribution is -2.28. The van der Waals surface area contributed by atoms with Crippen LogP contribution in [0.1, 0.15) is 25.0 Å². The van der Waals surface area contributed by atoms with E-state index in [0.29, 0.717) is 26.1 Å². The molecule has 0 bridgehead atoms. The Morgan fingerprint density at radius 1 is 0.674 bits per heavy atom. The van der Waals surface area contributed by atoms with E-state index in [1.807, 2.05) is 50.2 Å². The highest BCUT2D eigenvalue weighted by molar-refractivity contribution is 7.99. The van der Waals surface area contributed by atoms with Crippen molar-refractivity contribution in [3.05, 3.63) is 77.9 Å². The highest BCUT2D eigenvalue weighted by atomic mass is 32.2. The van der Waals surface area contributed by atoms with E-state index in [9.17, 15) is 9.59 Å². The first-order valence-corrected chi connectivity index (χ1v) is 17.5. The summed E-state index contributed by atoms with van der Waals surface area (Å²) in [4.78, 5) is 35.5. The summed E-state index contributed by atoms with van der Waals surface area (Å²) in [6.45, 7) is 6.35. The molecule has 2 aromatic carbocycles. The fraction of sp³-hybridized carbons (Fsp3) is 0.457. The maximum Gasteiger partial charge on any atom is 0.335 e. The van der Waals surface area contributed by atoms with Crippen LogP contribution in [0.5, 0.6) is 0 Å². The molecule has 46 heavy (non-hydrogen) atoms. The number of hydrogen-bond donors (Lipinski definition) is 0. The molecule has 0 saturated carbocycles. The quantitative estimate of drug-likeness (QED) is 0.108. The number of methoxy groups -OCH3 is 2. The van der Waals surface area contributed by atoms with Gasteiger partial charge in [-0.2, -0.15) is 0 Å². The van der Waals surface area contributed by atoms with E-state index in [0.717, 1.165) is 47.4 Å². The van der Waals surface area contributed by atoms with Crippen molar-refractivity contribution < 1.29 is 28.5 Å². The molecule has 2 atom stereocenters. The second kappa shape index (κ2) is 20.1. The number of hydrogen-bond acceptors (Lipinski definition) is 11. The maximum atomic E-state index is 11.9. The first-order chi connectivity index (χ1) is 22.3. The van der Waals surface area contributed by atoms with Crippen molar-refractivity contribution in [3.63, 3.8) is 0 Å². The summed E-state index contributed by atoms with van der Waals surface area (Å²) in [5.74, 6) is 2.99. The maximum absolute atomic E-state index is 11.9. The number of carbonyl (C=O) groups is 2. The molecule has 0 amide bonds. The van der Waals surface area contributed by atoms with Gasteiger partial charge in [0.05, 0.1) is 14.2 Å². The summed E-state index contributed by atoms with van der Waals surface area (Å²) in [5.41, 5.74) is 2.07. The third-order valence-corrected chi connectivity index (χ3v) is 9.23. The number of thioether (sulfide) groups is 2. The predicted molar refractivity (Wildman–Crippen MR) is 187 cm³/mol. The summed E-state index contributed by atoms with van der Waals surface area (Å²) < 4.78 is 20.8. The zero-order valence-electron chi connectivity index (χ0n) is 27.8. The minimum absolute atomic E-state index is 0.348. The van der Waals surface area contributed by atoms with E-state index < -0.39 is 12.2 Å². The Morgan fingerprint density at radius 3 is 1.41 bits per heavy atom. The molecule has 1 heterocycles. The molecule has 0 aliphatic rings. The summed E-state index contributed by atoms with van der Waals surface area (Å²) in [5, 5.41) is 0. The summed E-state index contributed by atoms with van der Waals surface area (Å²) >= 11 is 3.57. The van der Waals surface area contributed by atoms with Crippen LogP contribution in [0.2, 0.25) is 0 Å². The molecular weight excluding hydrogens is 623 g/mol. The van der Waals surface area contributed by atoms with Crippen molar-refractivity contribution >= 4 is 47.1 Å². The van der Waals surface area contributed by atoms with Gasteiger partial charge in [0.15, 0.2) is 12.2 Å². The normalized spacial score (nSPS) is 12.3. The Balaban J connectivity index is 1.43. The van der Waals surface area contributed by atoms with Gasteiger partial charge in [0.25, 0.3) is 0 Å². The van der Waals surface area contributed by atoms with Gasteiger partial charge in [-0.1, -0.05) is 30.3 Å². The van der Waals surface area contributed by atoms with Crippen molar-refractivity contribution in [2.24, 2.45) is 0 Å². The van der Waals surface area contributed by atoms with E-state index in [1.54, 1.807) is 23.5 Å². The van der Waals surface area contributed by atoms with Crippen molar-refractivity contribution in [2.45, 2.75) is 48.7 Å². The van der Waals surface area contributed by atoms with Crippen molar-refractivity contribution in [2.75, 3.05) is 75.9 Å². The molecule has 9 nitrogen and oxygen atoms in total. The molecule has 0 aliphatic heterocycles. The van der Waals surface area contributed by atoms with Crippen LogP contribution in [-0.2, 0) is 41.4 Å². The van der Waals surface area contributed by atoms with Crippen molar-refractivity contribution in [1.29, 1.82) is 0 Å². The lowest BCUT2D eigenvalue weighted by molar-refractivity contribution is -0.154. The molecule has 0 fully saturated rings. The molecule has 0 spiro atoms. The molecule has 0 radical (unpaired) electrons. The van der Waals surface area contributed by atoms with Gasteiger partial charge in [0.2, 0.25) is 0 Å². The molecule has 0 aliphatic carbocycles. The molecule has 2 unspecified atom stereocenters. The van der Waals surface area contributed by atoms with Gasteiger partial charge in [0.1, 0.15) is 11.6 Å². The summed E-state index contributed by atoms with van der Waals surface area (Å²) in [6.07, 6.45) is -0.179. The number of ether oxygens (including phenoxy) is 4. The van der Waals surface area contributed by atoms with Crippen LogP contribution in [0.4, 0.5) is 11.6 Å². The highest BCUT2D eigenvalue weighted by Gasteiger charge is 2.21. The molecule has 0 N–H and O–H groups in total. The van der Waals surface area contributed by atoms with Crippen LogP contribution in [0.15, 0.2) is 76.5 Å². The Bertz CT molecular complexity index is 1240. The van der Waals surface area contributed by atoms with Crippen LogP contribution >= 0.6 is 23.5 Å². The summed E-state index contributed by atoms with van der Waals surface area (Å²) in [6, 6.07) is 22.7.